The SMILES string of the molecule is COc1ccc2cc(C(N)CC3CC3)ccc2c1. The third-order valence-electron chi connectivity index (χ3n) is 3.78. The van der Waals surface area contributed by atoms with Crippen molar-refractivity contribution in [3.8, 4) is 5.75 Å². The highest BCUT2D eigenvalue weighted by Gasteiger charge is 2.24. The van der Waals surface area contributed by atoms with E-state index in [9.17, 15) is 0 Å². The van der Waals surface area contributed by atoms with E-state index < -0.39 is 0 Å². The summed E-state index contributed by atoms with van der Waals surface area (Å²) in [6, 6.07) is 12.8. The van der Waals surface area contributed by atoms with Gasteiger partial charge in [-0.3, -0.25) is 0 Å². The topological polar surface area (TPSA) is 35.2 Å². The van der Waals surface area contributed by atoms with E-state index in [0.29, 0.717) is 0 Å². The summed E-state index contributed by atoms with van der Waals surface area (Å²) in [6.07, 6.45) is 3.85. The van der Waals surface area contributed by atoms with Gasteiger partial charge in [0.2, 0.25) is 0 Å². The summed E-state index contributed by atoms with van der Waals surface area (Å²) in [5, 5.41) is 2.44. The van der Waals surface area contributed by atoms with Gasteiger partial charge in [-0.1, -0.05) is 31.0 Å². The normalized spacial score (nSPS) is 16.8. The Balaban J connectivity index is 1.90. The number of rotatable bonds is 4. The molecular formula is C16H19NO. The zero-order chi connectivity index (χ0) is 12.5. The molecule has 0 bridgehead atoms. The van der Waals surface area contributed by atoms with Crippen LogP contribution >= 0.6 is 0 Å². The van der Waals surface area contributed by atoms with E-state index in [1.54, 1.807) is 7.11 Å². The van der Waals surface area contributed by atoms with Crippen molar-refractivity contribution in [3.63, 3.8) is 0 Å². The maximum absolute atomic E-state index is 6.26. The Kier molecular flexibility index (Phi) is 2.96. The molecule has 2 aromatic rings. The predicted molar refractivity (Wildman–Crippen MR) is 74.8 cm³/mol. The summed E-state index contributed by atoms with van der Waals surface area (Å²) in [5.74, 6) is 1.77. The number of nitrogens with two attached hydrogens (primary N) is 1. The lowest BCUT2D eigenvalue weighted by Crippen LogP contribution is -2.10. The van der Waals surface area contributed by atoms with Crippen LogP contribution < -0.4 is 10.5 Å². The zero-order valence-corrected chi connectivity index (χ0v) is 10.7. The van der Waals surface area contributed by atoms with Gasteiger partial charge in [-0.2, -0.15) is 0 Å². The van der Waals surface area contributed by atoms with Gasteiger partial charge in [0.25, 0.3) is 0 Å². The van der Waals surface area contributed by atoms with Crippen molar-refractivity contribution in [2.24, 2.45) is 11.7 Å². The van der Waals surface area contributed by atoms with Gasteiger partial charge < -0.3 is 10.5 Å². The third kappa shape index (κ3) is 2.34. The number of ether oxygens (including phenoxy) is 1. The number of hydrogen-bond donors (Lipinski definition) is 1. The molecule has 0 saturated heterocycles. The molecule has 1 atom stereocenters. The van der Waals surface area contributed by atoms with Crippen LogP contribution in [0, 0.1) is 5.92 Å². The second kappa shape index (κ2) is 4.62. The summed E-state index contributed by atoms with van der Waals surface area (Å²) in [7, 11) is 1.70. The minimum atomic E-state index is 0.184. The molecule has 0 amide bonds. The average Bonchev–Trinajstić information content (AvgIpc) is 3.21. The van der Waals surface area contributed by atoms with E-state index in [1.807, 2.05) is 6.07 Å². The molecular weight excluding hydrogens is 222 g/mol. The van der Waals surface area contributed by atoms with E-state index in [1.165, 1.54) is 29.2 Å². The Labute approximate surface area is 108 Å². The molecule has 0 heterocycles. The first-order valence-corrected chi connectivity index (χ1v) is 6.59. The van der Waals surface area contributed by atoms with Crippen LogP contribution in [0.4, 0.5) is 0 Å². The summed E-state index contributed by atoms with van der Waals surface area (Å²) < 4.78 is 5.24. The average molecular weight is 241 g/mol. The van der Waals surface area contributed by atoms with Gasteiger partial charge in [0.05, 0.1) is 7.11 Å². The molecule has 3 rings (SSSR count). The largest absolute Gasteiger partial charge is 0.497 e. The monoisotopic (exact) mass is 241 g/mol. The van der Waals surface area contributed by atoms with Crippen LogP contribution in [0.3, 0.4) is 0 Å². The van der Waals surface area contributed by atoms with E-state index in [-0.39, 0.29) is 6.04 Å². The number of benzene rings is 2. The number of hydrogen-bond acceptors (Lipinski definition) is 2. The Morgan fingerprint density at radius 3 is 2.61 bits per heavy atom. The fraction of sp³-hybridized carbons (Fsp3) is 0.375. The second-order valence-corrected chi connectivity index (χ2v) is 5.26. The number of fused-ring (bicyclic) bond motifs is 1. The van der Waals surface area contributed by atoms with Gasteiger partial charge in [-0.05, 0) is 46.9 Å². The molecule has 1 fully saturated rings. The second-order valence-electron chi connectivity index (χ2n) is 5.26. The van der Waals surface area contributed by atoms with Gasteiger partial charge in [0.15, 0.2) is 0 Å². The minimum Gasteiger partial charge on any atom is -0.497 e. The lowest BCUT2D eigenvalue weighted by molar-refractivity contribution is 0.415. The van der Waals surface area contributed by atoms with Crippen molar-refractivity contribution < 1.29 is 4.74 Å². The quantitative estimate of drug-likeness (QED) is 0.886. The van der Waals surface area contributed by atoms with Crippen LogP contribution in [-0.2, 0) is 0 Å². The number of methoxy groups -OCH3 is 1. The van der Waals surface area contributed by atoms with Crippen molar-refractivity contribution in [1.82, 2.24) is 0 Å². The van der Waals surface area contributed by atoms with Gasteiger partial charge in [-0.15, -0.1) is 0 Å². The zero-order valence-electron chi connectivity index (χ0n) is 10.7. The van der Waals surface area contributed by atoms with Crippen molar-refractivity contribution in [3.05, 3.63) is 42.0 Å². The van der Waals surface area contributed by atoms with Gasteiger partial charge in [-0.25, -0.2) is 0 Å². The van der Waals surface area contributed by atoms with E-state index in [0.717, 1.165) is 18.1 Å². The standard InChI is InChI=1S/C16H19NO/c1-18-15-7-6-12-9-14(5-4-13(12)10-15)16(17)8-11-2-3-11/h4-7,9-11,16H,2-3,8,17H2,1H3. The highest BCUT2D eigenvalue weighted by atomic mass is 16.5. The molecule has 2 aromatic carbocycles. The lowest BCUT2D eigenvalue weighted by atomic mass is 9.99. The molecule has 18 heavy (non-hydrogen) atoms. The molecule has 1 aliphatic rings. The summed E-state index contributed by atoms with van der Waals surface area (Å²) in [6.45, 7) is 0. The van der Waals surface area contributed by atoms with Crippen LogP contribution in [0.15, 0.2) is 36.4 Å². The first kappa shape index (κ1) is 11.5. The van der Waals surface area contributed by atoms with Crippen molar-refractivity contribution in [1.29, 1.82) is 0 Å². The van der Waals surface area contributed by atoms with E-state index >= 15 is 0 Å². The molecule has 1 unspecified atom stereocenters. The molecule has 0 aromatic heterocycles. The summed E-state index contributed by atoms with van der Waals surface area (Å²) in [4.78, 5) is 0. The molecule has 0 aliphatic heterocycles. The molecule has 2 N–H and O–H groups in total. The fourth-order valence-corrected chi connectivity index (χ4v) is 2.45. The van der Waals surface area contributed by atoms with Crippen LogP contribution in [0.25, 0.3) is 10.8 Å². The van der Waals surface area contributed by atoms with Crippen LogP contribution in [-0.4, -0.2) is 7.11 Å². The van der Waals surface area contributed by atoms with Crippen LogP contribution in [0.5, 0.6) is 5.75 Å². The molecule has 94 valence electrons. The summed E-state index contributed by atoms with van der Waals surface area (Å²) >= 11 is 0. The van der Waals surface area contributed by atoms with Gasteiger partial charge >= 0.3 is 0 Å². The molecule has 0 spiro atoms. The maximum Gasteiger partial charge on any atom is 0.119 e. The Bertz CT molecular complexity index is 560. The molecule has 2 nitrogen and oxygen atoms in total. The molecule has 0 radical (unpaired) electrons. The highest BCUT2D eigenvalue weighted by Crippen LogP contribution is 2.37. The highest BCUT2D eigenvalue weighted by molar-refractivity contribution is 5.84. The van der Waals surface area contributed by atoms with E-state index in [2.05, 4.69) is 30.3 Å². The lowest BCUT2D eigenvalue weighted by Gasteiger charge is -2.12. The smallest absolute Gasteiger partial charge is 0.119 e. The first-order valence-electron chi connectivity index (χ1n) is 6.59. The van der Waals surface area contributed by atoms with Crippen molar-refractivity contribution in [2.75, 3.05) is 7.11 Å². The van der Waals surface area contributed by atoms with Crippen LogP contribution in [0.2, 0.25) is 0 Å². The molecule has 1 saturated carbocycles. The Hall–Kier alpha value is -1.54. The van der Waals surface area contributed by atoms with Crippen LogP contribution in [0.1, 0.15) is 30.9 Å². The molecule has 2 heteroatoms. The molecule has 1 aliphatic carbocycles. The van der Waals surface area contributed by atoms with E-state index in [4.69, 9.17) is 10.5 Å². The van der Waals surface area contributed by atoms with Crippen molar-refractivity contribution in [2.45, 2.75) is 25.3 Å². The Morgan fingerprint density at radius 2 is 1.89 bits per heavy atom. The van der Waals surface area contributed by atoms with Gasteiger partial charge in [0, 0.05) is 6.04 Å². The maximum atomic E-state index is 6.26. The van der Waals surface area contributed by atoms with Gasteiger partial charge in [0.1, 0.15) is 5.75 Å². The minimum absolute atomic E-state index is 0.184. The Morgan fingerprint density at radius 1 is 1.17 bits per heavy atom. The predicted octanol–water partition coefficient (Wildman–Crippen LogP) is 3.65. The van der Waals surface area contributed by atoms with Crippen molar-refractivity contribution >= 4 is 10.8 Å². The summed E-state index contributed by atoms with van der Waals surface area (Å²) in [5.41, 5.74) is 7.51. The first-order chi connectivity index (χ1) is 8.76. The third-order valence-corrected chi connectivity index (χ3v) is 3.78. The fourth-order valence-electron chi connectivity index (χ4n) is 2.45.